The molecule has 3 rings (SSSR count). The van der Waals surface area contributed by atoms with E-state index in [1.54, 1.807) is 11.3 Å². The van der Waals surface area contributed by atoms with Gasteiger partial charge in [0.1, 0.15) is 0 Å². The fourth-order valence-electron chi connectivity index (χ4n) is 3.88. The molecule has 0 radical (unpaired) electrons. The number of H-pyrrole nitrogens is 1. The lowest BCUT2D eigenvalue weighted by Crippen LogP contribution is -2.18. The Balaban J connectivity index is 1.85. The molecule has 0 saturated carbocycles. The van der Waals surface area contributed by atoms with E-state index in [1.165, 1.54) is 55.8 Å². The molecule has 2 unspecified atom stereocenters. The third kappa shape index (κ3) is 2.51. The van der Waals surface area contributed by atoms with E-state index in [0.29, 0.717) is 0 Å². The third-order valence-corrected chi connectivity index (χ3v) is 5.12. The monoisotopic (exact) mass is 269 g/mol. The Morgan fingerprint density at radius 3 is 2.85 bits per heavy atom. The molecule has 1 aromatic heterocycles. The van der Waals surface area contributed by atoms with Crippen molar-refractivity contribution in [3.05, 3.63) is 35.5 Å². The van der Waals surface area contributed by atoms with Crippen molar-refractivity contribution in [3.8, 4) is 0 Å². The fourth-order valence-corrected chi connectivity index (χ4v) is 3.88. The highest BCUT2D eigenvalue weighted by Crippen LogP contribution is 2.41. The molecule has 1 aliphatic carbocycles. The van der Waals surface area contributed by atoms with Crippen LogP contribution in [-0.4, -0.2) is 4.98 Å². The molecule has 0 bridgehead atoms. The predicted molar refractivity (Wildman–Crippen MR) is 87.3 cm³/mol. The molecule has 0 spiro atoms. The first-order valence-electron chi connectivity index (χ1n) is 8.40. The Kier molecular flexibility index (Phi) is 4.14. The average molecular weight is 269 g/mol. The van der Waals surface area contributed by atoms with Gasteiger partial charge in [-0.15, -0.1) is 0 Å². The van der Waals surface area contributed by atoms with Gasteiger partial charge in [-0.1, -0.05) is 57.7 Å². The zero-order chi connectivity index (χ0) is 13.9. The summed E-state index contributed by atoms with van der Waals surface area (Å²) in [6.45, 7) is 4.73. The van der Waals surface area contributed by atoms with Gasteiger partial charge in [0.05, 0.1) is 0 Å². The van der Waals surface area contributed by atoms with E-state index in [4.69, 9.17) is 0 Å². The Bertz CT molecular complexity index is 566. The second-order valence-corrected chi connectivity index (χ2v) is 6.53. The van der Waals surface area contributed by atoms with Crippen molar-refractivity contribution in [3.63, 3.8) is 0 Å². The summed E-state index contributed by atoms with van der Waals surface area (Å²) < 4.78 is 0. The second-order valence-electron chi connectivity index (χ2n) is 6.53. The van der Waals surface area contributed by atoms with Crippen LogP contribution in [-0.2, 0) is 6.42 Å². The number of aromatic nitrogens is 1. The van der Waals surface area contributed by atoms with Crippen LogP contribution in [0.5, 0.6) is 0 Å². The standard InChI is InChI=1S/C19H27N/c1-3-4-5-6-9-15-14(2)12-13-17-16-10-7-8-11-18(16)20-19(15)17/h7-8,10-11,14-15,20H,3-6,9,12-13H2,1-2H3. The summed E-state index contributed by atoms with van der Waals surface area (Å²) >= 11 is 0. The lowest BCUT2D eigenvalue weighted by molar-refractivity contribution is 0.367. The van der Waals surface area contributed by atoms with Crippen molar-refractivity contribution >= 4 is 10.9 Å². The number of rotatable bonds is 5. The molecule has 1 N–H and O–H groups in total. The van der Waals surface area contributed by atoms with Gasteiger partial charge in [-0.3, -0.25) is 0 Å². The van der Waals surface area contributed by atoms with Gasteiger partial charge in [-0.25, -0.2) is 0 Å². The quantitative estimate of drug-likeness (QED) is 0.660. The van der Waals surface area contributed by atoms with Crippen molar-refractivity contribution < 1.29 is 0 Å². The van der Waals surface area contributed by atoms with Crippen molar-refractivity contribution in [2.24, 2.45) is 5.92 Å². The number of aromatic amines is 1. The summed E-state index contributed by atoms with van der Waals surface area (Å²) in [7, 11) is 0. The summed E-state index contributed by atoms with van der Waals surface area (Å²) in [6, 6.07) is 8.83. The molecule has 1 nitrogen and oxygen atoms in total. The van der Waals surface area contributed by atoms with Crippen LogP contribution in [0.25, 0.3) is 10.9 Å². The summed E-state index contributed by atoms with van der Waals surface area (Å²) in [5, 5.41) is 1.47. The highest BCUT2D eigenvalue weighted by Gasteiger charge is 2.28. The first kappa shape index (κ1) is 13.7. The first-order valence-corrected chi connectivity index (χ1v) is 8.40. The van der Waals surface area contributed by atoms with Crippen LogP contribution in [0.15, 0.2) is 24.3 Å². The van der Waals surface area contributed by atoms with E-state index in [0.717, 1.165) is 11.8 Å². The zero-order valence-corrected chi connectivity index (χ0v) is 12.9. The van der Waals surface area contributed by atoms with Crippen LogP contribution in [0.2, 0.25) is 0 Å². The van der Waals surface area contributed by atoms with Crippen molar-refractivity contribution in [1.82, 2.24) is 4.98 Å². The molecule has 1 heteroatoms. The molecule has 20 heavy (non-hydrogen) atoms. The highest BCUT2D eigenvalue weighted by atomic mass is 14.7. The van der Waals surface area contributed by atoms with Crippen LogP contribution < -0.4 is 0 Å². The maximum Gasteiger partial charge on any atom is 0.0459 e. The number of hydrogen-bond donors (Lipinski definition) is 1. The molecule has 2 atom stereocenters. The van der Waals surface area contributed by atoms with Gasteiger partial charge in [0.15, 0.2) is 0 Å². The van der Waals surface area contributed by atoms with E-state index in [1.807, 2.05) is 0 Å². The predicted octanol–water partition coefficient (Wildman–Crippen LogP) is 5.80. The smallest absolute Gasteiger partial charge is 0.0459 e. The Labute approximate surface area is 122 Å². The van der Waals surface area contributed by atoms with Crippen LogP contribution in [0.3, 0.4) is 0 Å². The topological polar surface area (TPSA) is 15.8 Å². The number of fused-ring (bicyclic) bond motifs is 3. The summed E-state index contributed by atoms with van der Waals surface area (Å²) in [5.74, 6) is 1.58. The number of aryl methyl sites for hydroxylation is 1. The highest BCUT2D eigenvalue weighted by molar-refractivity contribution is 5.85. The minimum Gasteiger partial charge on any atom is -0.358 e. The normalized spacial score (nSPS) is 22.1. The van der Waals surface area contributed by atoms with Crippen LogP contribution in [0.1, 0.15) is 69.5 Å². The second kappa shape index (κ2) is 6.03. The maximum atomic E-state index is 3.74. The summed E-state index contributed by atoms with van der Waals surface area (Å²) in [6.07, 6.45) is 9.48. The third-order valence-electron chi connectivity index (χ3n) is 5.12. The van der Waals surface area contributed by atoms with Crippen molar-refractivity contribution in [2.45, 2.75) is 64.7 Å². The number of benzene rings is 1. The van der Waals surface area contributed by atoms with Gasteiger partial charge in [-0.05, 0) is 36.8 Å². The number of unbranched alkanes of at least 4 members (excludes halogenated alkanes) is 3. The number of para-hydroxylation sites is 1. The van der Waals surface area contributed by atoms with E-state index >= 15 is 0 Å². The van der Waals surface area contributed by atoms with Gasteiger partial charge in [0, 0.05) is 22.5 Å². The largest absolute Gasteiger partial charge is 0.358 e. The fraction of sp³-hybridized carbons (Fsp3) is 0.579. The van der Waals surface area contributed by atoms with Crippen LogP contribution >= 0.6 is 0 Å². The SMILES string of the molecule is CCCCCCC1c2[nH]c3ccccc3c2CCC1C. The molecular formula is C19H27N. The molecule has 0 saturated heterocycles. The number of nitrogens with one attached hydrogen (secondary N) is 1. The Hall–Kier alpha value is -1.24. The minimum atomic E-state index is 0.753. The lowest BCUT2D eigenvalue weighted by Gasteiger charge is -2.29. The molecule has 0 amide bonds. The van der Waals surface area contributed by atoms with Gasteiger partial charge < -0.3 is 4.98 Å². The van der Waals surface area contributed by atoms with E-state index in [9.17, 15) is 0 Å². The number of hydrogen-bond acceptors (Lipinski definition) is 0. The molecule has 0 fully saturated rings. The zero-order valence-electron chi connectivity index (χ0n) is 12.9. The average Bonchev–Trinajstić information content (AvgIpc) is 2.84. The van der Waals surface area contributed by atoms with Crippen molar-refractivity contribution in [2.75, 3.05) is 0 Å². The molecule has 108 valence electrons. The molecule has 1 aromatic carbocycles. The van der Waals surface area contributed by atoms with E-state index in [-0.39, 0.29) is 0 Å². The van der Waals surface area contributed by atoms with Gasteiger partial charge in [0.25, 0.3) is 0 Å². The minimum absolute atomic E-state index is 0.753. The van der Waals surface area contributed by atoms with Crippen LogP contribution in [0, 0.1) is 5.92 Å². The summed E-state index contributed by atoms with van der Waals surface area (Å²) in [4.78, 5) is 3.74. The van der Waals surface area contributed by atoms with Gasteiger partial charge in [-0.2, -0.15) is 0 Å². The van der Waals surface area contributed by atoms with E-state index < -0.39 is 0 Å². The first-order chi connectivity index (χ1) is 9.81. The van der Waals surface area contributed by atoms with Gasteiger partial charge >= 0.3 is 0 Å². The van der Waals surface area contributed by atoms with Crippen molar-refractivity contribution in [1.29, 1.82) is 0 Å². The molecule has 1 aliphatic rings. The molecule has 2 aromatic rings. The van der Waals surface area contributed by atoms with Gasteiger partial charge in [0.2, 0.25) is 0 Å². The summed E-state index contributed by atoms with van der Waals surface area (Å²) in [5.41, 5.74) is 4.51. The Morgan fingerprint density at radius 2 is 2.00 bits per heavy atom. The van der Waals surface area contributed by atoms with E-state index in [2.05, 4.69) is 43.1 Å². The lowest BCUT2D eigenvalue weighted by atomic mass is 9.76. The molecule has 0 aliphatic heterocycles. The Morgan fingerprint density at radius 1 is 1.15 bits per heavy atom. The van der Waals surface area contributed by atoms with Crippen LogP contribution in [0.4, 0.5) is 0 Å². The molecule has 1 heterocycles. The molecular weight excluding hydrogens is 242 g/mol. The maximum absolute atomic E-state index is 3.74.